The Bertz CT molecular complexity index is 581. The van der Waals surface area contributed by atoms with Crippen LogP contribution >= 0.6 is 0 Å². The molecule has 0 aromatic heterocycles. The maximum Gasteiger partial charge on any atom is 0.166 e. The monoisotopic (exact) mass is 441 g/mol. The molecule has 1 heteroatoms. The zero-order valence-corrected chi connectivity index (χ0v) is 21.7. The van der Waals surface area contributed by atoms with Crippen LogP contribution < -0.4 is 0 Å². The second kappa shape index (κ2) is 24.3. The third-order valence-electron chi connectivity index (χ3n) is 3.75. The van der Waals surface area contributed by atoms with E-state index in [2.05, 4.69) is 112 Å². The topological polar surface area (TPSA) is 0 Å². The molecule has 0 amide bonds. The fraction of sp³-hybridized carbons (Fsp3) is 0.400. The lowest BCUT2D eigenvalue weighted by Gasteiger charge is -2.07. The molecule has 0 spiro atoms. The second-order valence-electron chi connectivity index (χ2n) is 6.05. The molecule has 0 radical (unpaired) electrons. The molecule has 0 saturated heterocycles. The summed E-state index contributed by atoms with van der Waals surface area (Å²) < 4.78 is 0. The zero-order chi connectivity index (χ0) is 23.2. The van der Waals surface area contributed by atoms with Crippen molar-refractivity contribution in [2.24, 2.45) is 5.92 Å². The highest BCUT2D eigenvalue weighted by molar-refractivity contribution is 7.97. The van der Waals surface area contributed by atoms with Crippen LogP contribution in [0.1, 0.15) is 76.2 Å². The summed E-state index contributed by atoms with van der Waals surface area (Å²) >= 11 is 0. The van der Waals surface area contributed by atoms with E-state index in [1.54, 1.807) is 0 Å². The van der Waals surface area contributed by atoms with E-state index in [9.17, 15) is 0 Å². The normalized spacial score (nSPS) is 8.61. The largest absolute Gasteiger partial charge is 0.166 e. The predicted molar refractivity (Wildman–Crippen MR) is 147 cm³/mol. The lowest BCUT2D eigenvalue weighted by Crippen LogP contribution is -2.04. The third kappa shape index (κ3) is 14.6. The molecule has 3 aromatic rings. The van der Waals surface area contributed by atoms with Gasteiger partial charge in [0.05, 0.1) is 10.9 Å². The van der Waals surface area contributed by atoms with E-state index in [-0.39, 0.29) is 18.3 Å². The third-order valence-corrected chi connectivity index (χ3v) is 5.98. The molecule has 0 saturated carbocycles. The molecule has 3 rings (SSSR count). The maximum absolute atomic E-state index is 2.22. The van der Waals surface area contributed by atoms with Crippen LogP contribution in [0.25, 0.3) is 0 Å². The van der Waals surface area contributed by atoms with E-state index in [4.69, 9.17) is 0 Å². The Balaban J connectivity index is -0.000000562. The molecule has 174 valence electrons. The molecule has 0 unspecified atom stereocenters. The molecule has 0 aliphatic rings. The first-order valence-electron chi connectivity index (χ1n) is 11.6. The predicted octanol–water partition coefficient (Wildman–Crippen LogP) is 10.5. The maximum atomic E-state index is 2.22. The molecule has 0 N–H and O–H groups in total. The molecule has 3 aromatic carbocycles. The van der Waals surface area contributed by atoms with Crippen molar-refractivity contribution in [2.75, 3.05) is 0 Å². The fourth-order valence-corrected chi connectivity index (χ4v) is 4.18. The Morgan fingerprint density at radius 2 is 0.710 bits per heavy atom. The Morgan fingerprint density at radius 1 is 0.516 bits per heavy atom. The molecule has 0 aliphatic heterocycles. The van der Waals surface area contributed by atoms with E-state index >= 15 is 0 Å². The van der Waals surface area contributed by atoms with Gasteiger partial charge in [0, 0.05) is 0 Å². The summed E-state index contributed by atoms with van der Waals surface area (Å²) in [6, 6.07) is 32.2. The summed E-state index contributed by atoms with van der Waals surface area (Å²) in [7, 11) is -0.0146. The summed E-state index contributed by atoms with van der Waals surface area (Å²) in [6.07, 6.45) is 1.31. The van der Waals surface area contributed by atoms with Gasteiger partial charge in [-0.15, -0.1) is 0 Å². The van der Waals surface area contributed by atoms with E-state index < -0.39 is 0 Å². The van der Waals surface area contributed by atoms with Gasteiger partial charge in [0.1, 0.15) is 0 Å². The first-order valence-corrected chi connectivity index (χ1v) is 12.8. The van der Waals surface area contributed by atoms with Crippen LogP contribution in [-0.4, -0.2) is 0 Å². The van der Waals surface area contributed by atoms with E-state index in [1.807, 2.05) is 41.5 Å². The summed E-state index contributed by atoms with van der Waals surface area (Å²) in [5.41, 5.74) is 0. The van der Waals surface area contributed by atoms with Crippen LogP contribution in [0.15, 0.2) is 106 Å². The van der Waals surface area contributed by atoms with Gasteiger partial charge in [-0.1, -0.05) is 131 Å². The molecule has 0 bridgehead atoms. The molecule has 0 atom stereocenters. The molecular formula is C30H49S+. The van der Waals surface area contributed by atoms with Crippen molar-refractivity contribution in [3.05, 3.63) is 91.0 Å². The van der Waals surface area contributed by atoms with E-state index in [1.165, 1.54) is 21.1 Å². The van der Waals surface area contributed by atoms with Crippen LogP contribution in [0.3, 0.4) is 0 Å². The molecule has 0 fully saturated rings. The van der Waals surface area contributed by atoms with Gasteiger partial charge in [-0.3, -0.25) is 0 Å². The van der Waals surface area contributed by atoms with Crippen LogP contribution in [0.2, 0.25) is 0 Å². The minimum atomic E-state index is -0.0146. The van der Waals surface area contributed by atoms with Gasteiger partial charge < -0.3 is 0 Å². The van der Waals surface area contributed by atoms with Crippen molar-refractivity contribution < 1.29 is 0 Å². The second-order valence-corrected chi connectivity index (χ2v) is 8.07. The minimum absolute atomic E-state index is 0. The highest BCUT2D eigenvalue weighted by Gasteiger charge is 2.27. The first kappa shape index (κ1) is 33.6. The van der Waals surface area contributed by atoms with Crippen LogP contribution in [-0.2, 0) is 10.9 Å². The number of hydrogen-bond acceptors (Lipinski definition) is 0. The molecule has 0 nitrogen and oxygen atoms in total. The molecule has 31 heavy (non-hydrogen) atoms. The zero-order valence-electron chi connectivity index (χ0n) is 20.9. The quantitative estimate of drug-likeness (QED) is 0.353. The average Bonchev–Trinajstić information content (AvgIpc) is 2.85. The van der Waals surface area contributed by atoms with Gasteiger partial charge in [0.25, 0.3) is 0 Å². The van der Waals surface area contributed by atoms with Gasteiger partial charge in [-0.2, -0.15) is 0 Å². The van der Waals surface area contributed by atoms with Crippen molar-refractivity contribution in [3.63, 3.8) is 0 Å². The van der Waals surface area contributed by atoms with E-state index in [0.717, 1.165) is 5.92 Å². The van der Waals surface area contributed by atoms with Crippen LogP contribution in [0, 0.1) is 5.92 Å². The Kier molecular flexibility index (Phi) is 26.4. The van der Waals surface area contributed by atoms with Gasteiger partial charge >= 0.3 is 0 Å². The molecular weight excluding hydrogens is 392 g/mol. The van der Waals surface area contributed by atoms with Crippen molar-refractivity contribution in [2.45, 2.75) is 90.8 Å². The lowest BCUT2D eigenvalue weighted by atomic mass is 10.2. The van der Waals surface area contributed by atoms with Crippen LogP contribution in [0.4, 0.5) is 0 Å². The smallest absolute Gasteiger partial charge is 0.0776 e. The van der Waals surface area contributed by atoms with Gasteiger partial charge in [0.2, 0.25) is 0 Å². The number of benzene rings is 3. The Labute approximate surface area is 198 Å². The molecule has 0 aliphatic carbocycles. The minimum Gasteiger partial charge on any atom is -0.0776 e. The molecule has 0 heterocycles. The lowest BCUT2D eigenvalue weighted by molar-refractivity contribution is 0.626. The highest BCUT2D eigenvalue weighted by atomic mass is 32.2. The number of hydrogen-bond donors (Lipinski definition) is 0. The Morgan fingerprint density at radius 3 is 0.871 bits per heavy atom. The van der Waals surface area contributed by atoms with Crippen molar-refractivity contribution >= 4 is 10.9 Å². The SMILES string of the molecule is C.CC.CC.CC.CCC(C)C.c1ccc([S+](c2ccccc2)c2ccccc2)cc1. The summed E-state index contributed by atoms with van der Waals surface area (Å²) in [5.74, 6) is 0.884. The summed E-state index contributed by atoms with van der Waals surface area (Å²) in [4.78, 5) is 4.08. The van der Waals surface area contributed by atoms with Gasteiger partial charge in [-0.05, 0) is 42.3 Å². The van der Waals surface area contributed by atoms with Gasteiger partial charge in [0.15, 0.2) is 14.7 Å². The highest BCUT2D eigenvalue weighted by Crippen LogP contribution is 2.30. The van der Waals surface area contributed by atoms with Crippen molar-refractivity contribution in [3.8, 4) is 0 Å². The van der Waals surface area contributed by atoms with Crippen LogP contribution in [0.5, 0.6) is 0 Å². The fourth-order valence-electron chi connectivity index (χ4n) is 2.08. The average molecular weight is 442 g/mol. The summed E-state index contributed by atoms with van der Waals surface area (Å²) in [5, 5.41) is 0. The van der Waals surface area contributed by atoms with Gasteiger partial charge in [-0.25, -0.2) is 0 Å². The van der Waals surface area contributed by atoms with E-state index in [0.29, 0.717) is 0 Å². The van der Waals surface area contributed by atoms with Crippen molar-refractivity contribution in [1.29, 1.82) is 0 Å². The first-order chi connectivity index (χ1) is 14.7. The standard InChI is InChI=1S/C18H15S.C5H12.3C2H6.CH4/c1-4-10-16(11-5-1)19(17-12-6-2-7-13-17)18-14-8-3-9-15-18;1-4-5(2)3;3*1-2;/h1-15H;5H,4H2,1-3H3;3*1-2H3;1H4/q+1;;;;;. The summed E-state index contributed by atoms with van der Waals surface area (Å²) in [6.45, 7) is 18.6. The Hall–Kier alpha value is -1.99. The van der Waals surface area contributed by atoms with Crippen molar-refractivity contribution in [1.82, 2.24) is 0 Å². The number of rotatable bonds is 4.